The molecule has 8 heteroatoms. The Labute approximate surface area is 156 Å². The van der Waals surface area contributed by atoms with E-state index in [1.807, 2.05) is 0 Å². The summed E-state index contributed by atoms with van der Waals surface area (Å²) in [5.41, 5.74) is 0.600. The summed E-state index contributed by atoms with van der Waals surface area (Å²) in [6.45, 7) is 1.02. The topological polar surface area (TPSA) is 66.5 Å². The first-order valence-corrected chi connectivity index (χ1v) is 9.95. The highest BCUT2D eigenvalue weighted by Gasteiger charge is 2.27. The van der Waals surface area contributed by atoms with Gasteiger partial charge in [-0.15, -0.1) is 0 Å². The SMILES string of the molecule is O=C(Nc1cccc(Cl)c1Cl)c1cccc(S(=O)(=O)N2CCCC2)c1. The highest BCUT2D eigenvalue weighted by molar-refractivity contribution is 7.89. The Bertz CT molecular complexity index is 910. The van der Waals surface area contributed by atoms with Gasteiger partial charge in [-0.1, -0.05) is 35.3 Å². The Hall–Kier alpha value is -1.60. The van der Waals surface area contributed by atoms with E-state index in [1.54, 1.807) is 30.3 Å². The molecule has 25 heavy (non-hydrogen) atoms. The number of nitrogens with zero attached hydrogens (tertiary/aromatic N) is 1. The largest absolute Gasteiger partial charge is 0.321 e. The van der Waals surface area contributed by atoms with Gasteiger partial charge in [-0.25, -0.2) is 8.42 Å². The highest BCUT2D eigenvalue weighted by atomic mass is 35.5. The van der Waals surface area contributed by atoms with Gasteiger partial charge in [0.15, 0.2) is 0 Å². The van der Waals surface area contributed by atoms with Crippen molar-refractivity contribution in [2.75, 3.05) is 18.4 Å². The Morgan fingerprint density at radius 2 is 1.72 bits per heavy atom. The minimum Gasteiger partial charge on any atom is -0.321 e. The molecule has 1 N–H and O–H groups in total. The lowest BCUT2D eigenvalue weighted by Gasteiger charge is -2.16. The average Bonchev–Trinajstić information content (AvgIpc) is 3.14. The van der Waals surface area contributed by atoms with Crippen LogP contribution in [0.2, 0.25) is 10.0 Å². The number of carbonyl (C=O) groups is 1. The fourth-order valence-corrected chi connectivity index (χ4v) is 4.58. The van der Waals surface area contributed by atoms with Crippen LogP contribution in [-0.2, 0) is 10.0 Å². The third kappa shape index (κ3) is 3.82. The van der Waals surface area contributed by atoms with Crippen molar-refractivity contribution in [3.05, 3.63) is 58.1 Å². The highest BCUT2D eigenvalue weighted by Crippen LogP contribution is 2.30. The van der Waals surface area contributed by atoms with Crippen LogP contribution in [0, 0.1) is 0 Å². The predicted molar refractivity (Wildman–Crippen MR) is 98.9 cm³/mol. The summed E-state index contributed by atoms with van der Waals surface area (Å²) in [5, 5.41) is 3.21. The van der Waals surface area contributed by atoms with Crippen molar-refractivity contribution in [1.82, 2.24) is 4.31 Å². The van der Waals surface area contributed by atoms with Crippen LogP contribution in [0.5, 0.6) is 0 Å². The van der Waals surface area contributed by atoms with Gasteiger partial charge in [-0.05, 0) is 43.2 Å². The van der Waals surface area contributed by atoms with Crippen molar-refractivity contribution in [2.45, 2.75) is 17.7 Å². The van der Waals surface area contributed by atoms with E-state index < -0.39 is 15.9 Å². The van der Waals surface area contributed by atoms with Crippen LogP contribution >= 0.6 is 23.2 Å². The molecule has 3 rings (SSSR count). The lowest BCUT2D eigenvalue weighted by atomic mass is 10.2. The number of anilines is 1. The number of halogens is 2. The lowest BCUT2D eigenvalue weighted by molar-refractivity contribution is 0.102. The van der Waals surface area contributed by atoms with Gasteiger partial charge in [0.05, 0.1) is 20.6 Å². The Kier molecular flexibility index (Phi) is 5.34. The zero-order chi connectivity index (χ0) is 18.0. The first-order valence-electron chi connectivity index (χ1n) is 7.75. The molecule has 1 heterocycles. The molecule has 0 radical (unpaired) electrons. The molecule has 2 aromatic rings. The Morgan fingerprint density at radius 3 is 2.44 bits per heavy atom. The van der Waals surface area contributed by atoms with Gasteiger partial charge in [-0.3, -0.25) is 4.79 Å². The minimum atomic E-state index is -3.58. The molecule has 1 amide bonds. The Morgan fingerprint density at radius 1 is 1.04 bits per heavy atom. The molecule has 0 unspecified atom stereocenters. The van der Waals surface area contributed by atoms with E-state index >= 15 is 0 Å². The smallest absolute Gasteiger partial charge is 0.255 e. The fraction of sp³-hybridized carbons (Fsp3) is 0.235. The van der Waals surface area contributed by atoms with Gasteiger partial charge in [0, 0.05) is 18.7 Å². The molecule has 5 nitrogen and oxygen atoms in total. The monoisotopic (exact) mass is 398 g/mol. The summed E-state index contributed by atoms with van der Waals surface area (Å²) in [4.78, 5) is 12.6. The van der Waals surface area contributed by atoms with E-state index in [-0.39, 0.29) is 15.5 Å². The van der Waals surface area contributed by atoms with Crippen molar-refractivity contribution in [3.8, 4) is 0 Å². The summed E-state index contributed by atoms with van der Waals surface area (Å²) in [5.74, 6) is -0.456. The number of rotatable bonds is 4. The summed E-state index contributed by atoms with van der Waals surface area (Å²) in [6, 6.07) is 10.9. The summed E-state index contributed by atoms with van der Waals surface area (Å²) >= 11 is 12.0. The number of sulfonamides is 1. The molecule has 2 aromatic carbocycles. The number of hydrogen-bond acceptors (Lipinski definition) is 3. The maximum Gasteiger partial charge on any atom is 0.255 e. The number of amides is 1. The summed E-state index contributed by atoms with van der Waals surface area (Å²) < 4.78 is 26.7. The predicted octanol–water partition coefficient (Wildman–Crippen LogP) is 4.03. The molecule has 0 bridgehead atoms. The molecule has 0 atom stereocenters. The third-order valence-electron chi connectivity index (χ3n) is 4.00. The molecule has 132 valence electrons. The van der Waals surface area contributed by atoms with Gasteiger partial charge >= 0.3 is 0 Å². The zero-order valence-corrected chi connectivity index (χ0v) is 15.5. The van der Waals surface area contributed by atoms with Crippen LogP contribution in [0.25, 0.3) is 0 Å². The van der Waals surface area contributed by atoms with Crippen molar-refractivity contribution < 1.29 is 13.2 Å². The molecule has 1 fully saturated rings. The Balaban J connectivity index is 1.86. The zero-order valence-electron chi connectivity index (χ0n) is 13.2. The van der Waals surface area contributed by atoms with Crippen LogP contribution < -0.4 is 5.32 Å². The van der Waals surface area contributed by atoms with E-state index in [0.717, 1.165) is 12.8 Å². The molecular formula is C17H16Cl2N2O3S. The van der Waals surface area contributed by atoms with Crippen LogP contribution in [0.3, 0.4) is 0 Å². The number of nitrogens with one attached hydrogen (secondary N) is 1. The lowest BCUT2D eigenvalue weighted by Crippen LogP contribution is -2.28. The summed E-state index contributed by atoms with van der Waals surface area (Å²) in [7, 11) is -3.58. The fourth-order valence-electron chi connectivity index (χ4n) is 2.67. The van der Waals surface area contributed by atoms with E-state index in [0.29, 0.717) is 23.8 Å². The number of carbonyl (C=O) groups excluding carboxylic acids is 1. The molecule has 0 spiro atoms. The first-order chi connectivity index (χ1) is 11.9. The normalized spacial score (nSPS) is 15.3. The quantitative estimate of drug-likeness (QED) is 0.844. The van der Waals surface area contributed by atoms with Gasteiger partial charge in [-0.2, -0.15) is 4.31 Å². The molecular weight excluding hydrogens is 383 g/mol. The molecule has 0 saturated carbocycles. The molecule has 0 aliphatic carbocycles. The second-order valence-electron chi connectivity index (χ2n) is 5.69. The first kappa shape index (κ1) is 18.2. The van der Waals surface area contributed by atoms with Gasteiger partial charge in [0.2, 0.25) is 10.0 Å². The maximum absolute atomic E-state index is 12.6. The van der Waals surface area contributed by atoms with E-state index in [1.165, 1.54) is 16.4 Å². The van der Waals surface area contributed by atoms with Gasteiger partial charge < -0.3 is 5.32 Å². The number of benzene rings is 2. The van der Waals surface area contributed by atoms with Crippen LogP contribution in [0.15, 0.2) is 47.4 Å². The van der Waals surface area contributed by atoms with Crippen LogP contribution in [0.4, 0.5) is 5.69 Å². The van der Waals surface area contributed by atoms with Crippen molar-refractivity contribution in [1.29, 1.82) is 0 Å². The van der Waals surface area contributed by atoms with Crippen LogP contribution in [-0.4, -0.2) is 31.7 Å². The van der Waals surface area contributed by atoms with Gasteiger partial charge in [0.1, 0.15) is 0 Å². The van der Waals surface area contributed by atoms with Gasteiger partial charge in [0.25, 0.3) is 5.91 Å². The van der Waals surface area contributed by atoms with E-state index in [2.05, 4.69) is 5.32 Å². The van der Waals surface area contributed by atoms with Crippen molar-refractivity contribution in [3.63, 3.8) is 0 Å². The van der Waals surface area contributed by atoms with E-state index in [4.69, 9.17) is 23.2 Å². The van der Waals surface area contributed by atoms with Crippen molar-refractivity contribution >= 4 is 44.8 Å². The van der Waals surface area contributed by atoms with E-state index in [9.17, 15) is 13.2 Å². The molecule has 1 aliphatic heterocycles. The summed E-state index contributed by atoms with van der Waals surface area (Å²) in [6.07, 6.45) is 1.71. The second kappa shape index (κ2) is 7.33. The standard InChI is InChI=1S/C17H16Cl2N2O3S/c18-14-7-4-8-15(16(14)19)20-17(22)12-5-3-6-13(11-12)25(23,24)21-9-1-2-10-21/h3-8,11H,1-2,9-10H2,(H,20,22). The molecule has 1 saturated heterocycles. The van der Waals surface area contributed by atoms with Crippen molar-refractivity contribution in [2.24, 2.45) is 0 Å². The maximum atomic E-state index is 12.6. The average molecular weight is 399 g/mol. The minimum absolute atomic E-state index is 0.110. The third-order valence-corrected chi connectivity index (χ3v) is 6.71. The number of hydrogen-bond donors (Lipinski definition) is 1. The molecule has 1 aliphatic rings. The second-order valence-corrected chi connectivity index (χ2v) is 8.42. The molecule has 0 aromatic heterocycles. The van der Waals surface area contributed by atoms with Crippen LogP contribution in [0.1, 0.15) is 23.2 Å².